The first-order valence-electron chi connectivity index (χ1n) is 5.30. The van der Waals surface area contributed by atoms with Crippen molar-refractivity contribution in [3.8, 4) is 0 Å². The number of ketones is 1. The molecule has 0 amide bonds. The molecule has 0 heterocycles. The fourth-order valence-corrected chi connectivity index (χ4v) is 1.85. The molecule has 1 atom stereocenters. The van der Waals surface area contributed by atoms with E-state index in [0.717, 1.165) is 12.8 Å². The second-order valence-electron chi connectivity index (χ2n) is 4.24. The van der Waals surface area contributed by atoms with Gasteiger partial charge in [-0.3, -0.25) is 4.79 Å². The predicted octanol–water partition coefficient (Wildman–Crippen LogP) is 2.56. The molecule has 0 saturated heterocycles. The lowest BCUT2D eigenvalue weighted by Crippen LogP contribution is -2.28. The van der Waals surface area contributed by atoms with Crippen molar-refractivity contribution in [3.63, 3.8) is 0 Å². The standard InChI is InChI=1S/C11H20O2/c1-8(2)11(12)9(3)13-10-6-4-5-7-10/h8-10H,4-7H2,1-3H3/t9-/m0/s1. The Bertz CT molecular complexity index is 169. The van der Waals surface area contributed by atoms with Crippen LogP contribution in [-0.2, 0) is 9.53 Å². The van der Waals surface area contributed by atoms with Gasteiger partial charge in [0.25, 0.3) is 0 Å². The Morgan fingerprint density at radius 1 is 1.23 bits per heavy atom. The summed E-state index contributed by atoms with van der Waals surface area (Å²) in [6.45, 7) is 5.73. The minimum atomic E-state index is -0.205. The summed E-state index contributed by atoms with van der Waals surface area (Å²) in [5, 5.41) is 0. The summed E-state index contributed by atoms with van der Waals surface area (Å²) in [4.78, 5) is 11.5. The average Bonchev–Trinajstić information content (AvgIpc) is 2.55. The maximum absolute atomic E-state index is 11.5. The largest absolute Gasteiger partial charge is 0.368 e. The van der Waals surface area contributed by atoms with Crippen molar-refractivity contribution in [1.82, 2.24) is 0 Å². The van der Waals surface area contributed by atoms with Crippen molar-refractivity contribution < 1.29 is 9.53 Å². The van der Waals surface area contributed by atoms with E-state index in [0.29, 0.717) is 6.10 Å². The Hall–Kier alpha value is -0.370. The van der Waals surface area contributed by atoms with Gasteiger partial charge in [-0.1, -0.05) is 26.7 Å². The van der Waals surface area contributed by atoms with Crippen LogP contribution in [-0.4, -0.2) is 18.0 Å². The Kier molecular flexibility index (Phi) is 3.91. The van der Waals surface area contributed by atoms with Crippen LogP contribution in [0, 0.1) is 5.92 Å². The van der Waals surface area contributed by atoms with Gasteiger partial charge < -0.3 is 4.74 Å². The van der Waals surface area contributed by atoms with Gasteiger partial charge in [0.2, 0.25) is 0 Å². The average molecular weight is 184 g/mol. The van der Waals surface area contributed by atoms with E-state index in [2.05, 4.69) is 0 Å². The molecular formula is C11H20O2. The molecule has 1 saturated carbocycles. The maximum atomic E-state index is 11.5. The molecule has 76 valence electrons. The molecule has 0 bridgehead atoms. The van der Waals surface area contributed by atoms with Crippen molar-refractivity contribution in [2.45, 2.75) is 58.7 Å². The van der Waals surface area contributed by atoms with E-state index < -0.39 is 0 Å². The molecule has 0 aromatic carbocycles. The second-order valence-corrected chi connectivity index (χ2v) is 4.24. The zero-order valence-corrected chi connectivity index (χ0v) is 8.88. The number of carbonyl (C=O) groups is 1. The number of carbonyl (C=O) groups excluding carboxylic acids is 1. The van der Waals surface area contributed by atoms with E-state index in [-0.39, 0.29) is 17.8 Å². The van der Waals surface area contributed by atoms with Crippen LogP contribution in [0.15, 0.2) is 0 Å². The zero-order valence-electron chi connectivity index (χ0n) is 8.88. The fraction of sp³-hybridized carbons (Fsp3) is 0.909. The van der Waals surface area contributed by atoms with Crippen molar-refractivity contribution in [2.75, 3.05) is 0 Å². The van der Waals surface area contributed by atoms with Crippen molar-refractivity contribution in [2.24, 2.45) is 5.92 Å². The lowest BCUT2D eigenvalue weighted by Gasteiger charge is -2.18. The quantitative estimate of drug-likeness (QED) is 0.671. The third-order valence-corrected chi connectivity index (χ3v) is 2.67. The molecule has 2 heteroatoms. The van der Waals surface area contributed by atoms with Crippen LogP contribution in [0.1, 0.15) is 46.5 Å². The summed E-state index contributed by atoms with van der Waals surface area (Å²) in [6.07, 6.45) is 4.92. The fourth-order valence-electron chi connectivity index (χ4n) is 1.85. The zero-order chi connectivity index (χ0) is 9.84. The molecule has 1 aliphatic carbocycles. The van der Waals surface area contributed by atoms with E-state index in [9.17, 15) is 4.79 Å². The monoisotopic (exact) mass is 184 g/mol. The van der Waals surface area contributed by atoms with Crippen LogP contribution in [0.5, 0.6) is 0 Å². The third kappa shape index (κ3) is 3.11. The Morgan fingerprint density at radius 2 is 1.77 bits per heavy atom. The first kappa shape index (κ1) is 10.7. The van der Waals surface area contributed by atoms with Crippen LogP contribution in [0.3, 0.4) is 0 Å². The van der Waals surface area contributed by atoms with Crippen LogP contribution in [0.25, 0.3) is 0 Å². The molecule has 0 N–H and O–H groups in total. The highest BCUT2D eigenvalue weighted by atomic mass is 16.5. The number of ether oxygens (including phenoxy) is 1. The van der Waals surface area contributed by atoms with E-state index in [1.165, 1.54) is 12.8 Å². The third-order valence-electron chi connectivity index (χ3n) is 2.67. The Labute approximate surface area is 80.7 Å². The Balaban J connectivity index is 2.31. The molecule has 1 rings (SSSR count). The molecular weight excluding hydrogens is 164 g/mol. The highest BCUT2D eigenvalue weighted by Gasteiger charge is 2.23. The predicted molar refractivity (Wildman–Crippen MR) is 52.6 cm³/mol. The van der Waals surface area contributed by atoms with E-state index >= 15 is 0 Å². The van der Waals surface area contributed by atoms with Gasteiger partial charge in [-0.05, 0) is 19.8 Å². The van der Waals surface area contributed by atoms with E-state index in [1.54, 1.807) is 0 Å². The van der Waals surface area contributed by atoms with Gasteiger partial charge in [-0.25, -0.2) is 0 Å². The summed E-state index contributed by atoms with van der Waals surface area (Å²) in [5.74, 6) is 0.323. The second kappa shape index (κ2) is 4.75. The number of Topliss-reactive ketones (excluding diaryl/α,β-unsaturated/α-hetero) is 1. The topological polar surface area (TPSA) is 26.3 Å². The summed E-state index contributed by atoms with van der Waals surface area (Å²) < 4.78 is 5.68. The highest BCUT2D eigenvalue weighted by molar-refractivity contribution is 5.84. The van der Waals surface area contributed by atoms with Gasteiger partial charge in [0.15, 0.2) is 5.78 Å². The van der Waals surface area contributed by atoms with E-state index in [4.69, 9.17) is 4.74 Å². The van der Waals surface area contributed by atoms with E-state index in [1.807, 2.05) is 20.8 Å². The van der Waals surface area contributed by atoms with Crippen molar-refractivity contribution in [1.29, 1.82) is 0 Å². The normalized spacial score (nSPS) is 20.9. The number of hydrogen-bond acceptors (Lipinski definition) is 2. The van der Waals surface area contributed by atoms with Gasteiger partial charge in [0.1, 0.15) is 6.10 Å². The molecule has 0 radical (unpaired) electrons. The smallest absolute Gasteiger partial charge is 0.163 e. The first-order chi connectivity index (χ1) is 6.11. The summed E-state index contributed by atoms with van der Waals surface area (Å²) in [5.41, 5.74) is 0. The molecule has 0 aliphatic heterocycles. The maximum Gasteiger partial charge on any atom is 0.163 e. The minimum absolute atomic E-state index is 0.0939. The van der Waals surface area contributed by atoms with Gasteiger partial charge in [-0.2, -0.15) is 0 Å². The molecule has 1 fully saturated rings. The highest BCUT2D eigenvalue weighted by Crippen LogP contribution is 2.22. The number of rotatable bonds is 4. The molecule has 1 aliphatic rings. The SMILES string of the molecule is CC(C)C(=O)[C@H](C)OC1CCCC1. The molecule has 0 aromatic heterocycles. The molecule has 0 spiro atoms. The van der Waals surface area contributed by atoms with Crippen molar-refractivity contribution in [3.05, 3.63) is 0 Å². The van der Waals surface area contributed by atoms with Gasteiger partial charge in [0, 0.05) is 5.92 Å². The van der Waals surface area contributed by atoms with Gasteiger partial charge in [0.05, 0.1) is 6.10 Å². The minimum Gasteiger partial charge on any atom is -0.368 e. The molecule has 2 nitrogen and oxygen atoms in total. The van der Waals surface area contributed by atoms with Crippen LogP contribution >= 0.6 is 0 Å². The summed E-state index contributed by atoms with van der Waals surface area (Å²) in [6, 6.07) is 0. The van der Waals surface area contributed by atoms with Gasteiger partial charge in [-0.15, -0.1) is 0 Å². The number of hydrogen-bond donors (Lipinski definition) is 0. The lowest BCUT2D eigenvalue weighted by atomic mass is 10.1. The van der Waals surface area contributed by atoms with Crippen LogP contribution in [0.4, 0.5) is 0 Å². The molecule has 0 unspecified atom stereocenters. The first-order valence-corrected chi connectivity index (χ1v) is 5.30. The molecule has 0 aromatic rings. The lowest BCUT2D eigenvalue weighted by molar-refractivity contribution is -0.135. The van der Waals surface area contributed by atoms with Crippen LogP contribution in [0.2, 0.25) is 0 Å². The Morgan fingerprint density at radius 3 is 2.23 bits per heavy atom. The van der Waals surface area contributed by atoms with Crippen molar-refractivity contribution >= 4 is 5.78 Å². The summed E-state index contributed by atoms with van der Waals surface area (Å²) >= 11 is 0. The van der Waals surface area contributed by atoms with Crippen LogP contribution < -0.4 is 0 Å². The summed E-state index contributed by atoms with van der Waals surface area (Å²) in [7, 11) is 0. The molecule has 13 heavy (non-hydrogen) atoms. The van der Waals surface area contributed by atoms with Gasteiger partial charge >= 0.3 is 0 Å².